The van der Waals surface area contributed by atoms with Crippen molar-refractivity contribution >= 4 is 17.5 Å². The summed E-state index contributed by atoms with van der Waals surface area (Å²) in [6.07, 6.45) is 0.534. The predicted molar refractivity (Wildman–Crippen MR) is 120 cm³/mol. The van der Waals surface area contributed by atoms with Gasteiger partial charge >= 0.3 is 0 Å². The normalized spacial score (nSPS) is 14.2. The number of carboxylic acid groups (broad SMARTS) is 1. The molecule has 2 aromatic rings. The number of ether oxygens (including phenoxy) is 3. The highest BCUT2D eigenvalue weighted by Gasteiger charge is 2.24. The highest BCUT2D eigenvalue weighted by atomic mass is 16.5. The summed E-state index contributed by atoms with van der Waals surface area (Å²) in [7, 11) is 0. The Morgan fingerprint density at radius 1 is 1.34 bits per heavy atom. The van der Waals surface area contributed by atoms with Crippen molar-refractivity contribution in [3.63, 3.8) is 0 Å². The van der Waals surface area contributed by atoms with E-state index in [4.69, 9.17) is 35.6 Å². The lowest BCUT2D eigenvalue weighted by molar-refractivity contribution is -0.134. The average Bonchev–Trinajstić information content (AvgIpc) is 2.73. The number of carboxylic acids is 1. The molecule has 10 heteroatoms. The largest absolute Gasteiger partial charge is 0.492 e. The van der Waals surface area contributed by atoms with Crippen LogP contribution in [-0.4, -0.2) is 60.4 Å². The van der Waals surface area contributed by atoms with Gasteiger partial charge in [0.2, 0.25) is 5.88 Å². The molecule has 1 aromatic heterocycles. The van der Waals surface area contributed by atoms with Crippen LogP contribution in [-0.2, 0) is 16.0 Å². The van der Waals surface area contributed by atoms with Crippen LogP contribution in [0.2, 0.25) is 0 Å². The van der Waals surface area contributed by atoms with Crippen molar-refractivity contribution in [1.29, 1.82) is 5.26 Å². The lowest BCUT2D eigenvalue weighted by Gasteiger charge is -2.26. The van der Waals surface area contributed by atoms with Crippen LogP contribution < -0.4 is 20.9 Å². The third-order valence-corrected chi connectivity index (χ3v) is 4.83. The van der Waals surface area contributed by atoms with Crippen molar-refractivity contribution in [2.24, 2.45) is 0 Å². The number of pyridine rings is 1. The van der Waals surface area contributed by atoms with Crippen molar-refractivity contribution in [2.45, 2.75) is 20.8 Å². The smallest absolute Gasteiger partial charge is 0.300 e. The number of nitrogens with two attached hydrogens (primary N) is 2. The van der Waals surface area contributed by atoms with Crippen molar-refractivity contribution < 1.29 is 24.1 Å². The summed E-state index contributed by atoms with van der Waals surface area (Å²) in [5, 5.41) is 16.6. The zero-order valence-corrected chi connectivity index (χ0v) is 17.3. The second kappa shape index (κ2) is 11.2. The lowest BCUT2D eigenvalue weighted by Crippen LogP contribution is -2.38. The molecular formula is C22H29N5O5. The monoisotopic (exact) mass is 443 g/mol. The standard InChI is InChI=1S/C19H21N5O3.C2H4O2.CH4/c20-11-15-17(21)14-9-12-1-2-13(10-16(12)27-19(14)23-18(15)22)26-8-5-24-3-6-25-7-4-24;1-2(3)4;/h1-2,10H,3-9H2,(H4,21,22,23);1H3,(H,3,4);1H4. The van der Waals surface area contributed by atoms with Crippen LogP contribution in [0.4, 0.5) is 11.5 Å². The summed E-state index contributed by atoms with van der Waals surface area (Å²) in [5.41, 5.74) is 14.1. The Labute approximate surface area is 187 Å². The van der Waals surface area contributed by atoms with E-state index in [1.165, 1.54) is 0 Å². The zero-order chi connectivity index (χ0) is 22.4. The number of fused-ring (bicyclic) bond motifs is 2. The Bertz CT molecular complexity index is 995. The average molecular weight is 444 g/mol. The highest BCUT2D eigenvalue weighted by molar-refractivity contribution is 5.72. The van der Waals surface area contributed by atoms with Crippen molar-refractivity contribution in [2.75, 3.05) is 50.9 Å². The SMILES string of the molecule is C.CC(=O)O.N#Cc1c(N)nc2c(c1N)Cc1ccc(OCCN3CCOCC3)cc1O2. The van der Waals surface area contributed by atoms with Crippen LogP contribution in [0.5, 0.6) is 17.4 Å². The number of carbonyl (C=O) groups is 1. The second-order valence-corrected chi connectivity index (χ2v) is 7.05. The Hall–Kier alpha value is -3.55. The van der Waals surface area contributed by atoms with Crippen molar-refractivity contribution in [1.82, 2.24) is 9.88 Å². The van der Waals surface area contributed by atoms with E-state index in [0.29, 0.717) is 35.9 Å². The number of rotatable bonds is 4. The summed E-state index contributed by atoms with van der Waals surface area (Å²) in [5.74, 6) is 1.000. The first-order chi connectivity index (χ1) is 14.9. The lowest BCUT2D eigenvalue weighted by atomic mass is 9.99. The maximum atomic E-state index is 9.19. The first-order valence-corrected chi connectivity index (χ1v) is 9.80. The van der Waals surface area contributed by atoms with Crippen molar-refractivity contribution in [3.8, 4) is 23.4 Å². The fraction of sp³-hybridized carbons (Fsp3) is 0.409. The summed E-state index contributed by atoms with van der Waals surface area (Å²) >= 11 is 0. The third-order valence-electron chi connectivity index (χ3n) is 4.83. The molecule has 0 saturated carbocycles. The van der Waals surface area contributed by atoms with Gasteiger partial charge in [-0.1, -0.05) is 13.5 Å². The van der Waals surface area contributed by atoms with Gasteiger partial charge in [0.05, 0.1) is 18.9 Å². The molecule has 2 aliphatic heterocycles. The molecule has 1 saturated heterocycles. The van der Waals surface area contributed by atoms with Crippen LogP contribution in [0.1, 0.15) is 31.0 Å². The number of hydrogen-bond acceptors (Lipinski definition) is 9. The zero-order valence-electron chi connectivity index (χ0n) is 17.3. The summed E-state index contributed by atoms with van der Waals surface area (Å²) in [6, 6.07) is 7.71. The maximum absolute atomic E-state index is 9.19. The van der Waals surface area contributed by atoms with Gasteiger partial charge in [0.25, 0.3) is 5.97 Å². The molecular weight excluding hydrogens is 414 g/mol. The third kappa shape index (κ3) is 6.00. The number of hydrogen-bond donors (Lipinski definition) is 3. The first kappa shape index (κ1) is 24.7. The summed E-state index contributed by atoms with van der Waals surface area (Å²) in [6.45, 7) is 5.96. The minimum Gasteiger partial charge on any atom is -0.492 e. The molecule has 0 atom stereocenters. The molecule has 10 nitrogen and oxygen atoms in total. The number of anilines is 2. The summed E-state index contributed by atoms with van der Waals surface area (Å²) in [4.78, 5) is 15.5. The van der Waals surface area contributed by atoms with E-state index < -0.39 is 5.97 Å². The van der Waals surface area contributed by atoms with E-state index >= 15 is 0 Å². The number of nitrogens with zero attached hydrogens (tertiary/aromatic N) is 3. The molecule has 0 unspecified atom stereocenters. The van der Waals surface area contributed by atoms with Crippen LogP contribution >= 0.6 is 0 Å². The Morgan fingerprint density at radius 2 is 2.03 bits per heavy atom. The van der Waals surface area contributed by atoms with Crippen molar-refractivity contribution in [3.05, 3.63) is 34.9 Å². The number of aliphatic carboxylic acids is 1. The molecule has 32 heavy (non-hydrogen) atoms. The minimum atomic E-state index is -0.833. The van der Waals surface area contributed by atoms with Gasteiger partial charge in [0.1, 0.15) is 35.6 Å². The van der Waals surface area contributed by atoms with E-state index in [-0.39, 0.29) is 18.8 Å². The minimum absolute atomic E-state index is 0. The molecule has 0 radical (unpaired) electrons. The van der Waals surface area contributed by atoms with E-state index in [0.717, 1.165) is 51.1 Å². The van der Waals surface area contributed by atoms with Gasteiger partial charge in [-0.15, -0.1) is 0 Å². The number of aromatic nitrogens is 1. The fourth-order valence-electron chi connectivity index (χ4n) is 3.29. The van der Waals surface area contributed by atoms with Gasteiger partial charge in [-0.05, 0) is 11.6 Å². The molecule has 0 amide bonds. The number of nitriles is 1. The van der Waals surface area contributed by atoms with E-state index in [9.17, 15) is 5.26 Å². The second-order valence-electron chi connectivity index (χ2n) is 7.05. The van der Waals surface area contributed by atoms with E-state index in [2.05, 4.69) is 9.88 Å². The van der Waals surface area contributed by atoms with Crippen LogP contribution in [0.25, 0.3) is 0 Å². The molecule has 2 aliphatic rings. The van der Waals surface area contributed by atoms with Gasteiger partial charge in [-0.2, -0.15) is 10.2 Å². The molecule has 0 aliphatic carbocycles. The molecule has 172 valence electrons. The van der Waals surface area contributed by atoms with Gasteiger partial charge in [0.15, 0.2) is 0 Å². The number of nitrogen functional groups attached to an aromatic ring is 2. The molecule has 0 spiro atoms. The van der Waals surface area contributed by atoms with Crippen LogP contribution in [0.3, 0.4) is 0 Å². The molecule has 4 rings (SSSR count). The molecule has 1 fully saturated rings. The number of benzene rings is 1. The Kier molecular flexibility index (Phi) is 8.63. The van der Waals surface area contributed by atoms with Crippen LogP contribution in [0.15, 0.2) is 18.2 Å². The molecule has 0 bridgehead atoms. The Balaban J connectivity index is 0.000000672. The predicted octanol–water partition coefficient (Wildman–Crippen LogP) is 2.25. The first-order valence-electron chi connectivity index (χ1n) is 9.80. The Morgan fingerprint density at radius 3 is 2.69 bits per heavy atom. The van der Waals surface area contributed by atoms with Gasteiger partial charge < -0.3 is 30.8 Å². The maximum Gasteiger partial charge on any atom is 0.300 e. The molecule has 3 heterocycles. The molecule has 1 aromatic carbocycles. The number of morpholine rings is 1. The van der Waals surface area contributed by atoms with Gasteiger partial charge in [-0.25, -0.2) is 0 Å². The summed E-state index contributed by atoms with van der Waals surface area (Å²) < 4.78 is 17.1. The fourth-order valence-corrected chi connectivity index (χ4v) is 3.29. The highest BCUT2D eigenvalue weighted by Crippen LogP contribution is 2.41. The van der Waals surface area contributed by atoms with Gasteiger partial charge in [0, 0.05) is 44.6 Å². The van der Waals surface area contributed by atoms with E-state index in [1.807, 2.05) is 24.3 Å². The van der Waals surface area contributed by atoms with E-state index in [1.54, 1.807) is 0 Å². The molecule has 5 N–H and O–H groups in total. The van der Waals surface area contributed by atoms with Gasteiger partial charge in [-0.3, -0.25) is 9.69 Å². The quantitative estimate of drug-likeness (QED) is 0.546. The van der Waals surface area contributed by atoms with Crippen LogP contribution in [0, 0.1) is 11.3 Å². The topological polar surface area (TPSA) is 157 Å².